The highest BCUT2D eigenvalue weighted by Crippen LogP contribution is 2.50. The minimum absolute atomic E-state index is 0.0626. The van der Waals surface area contributed by atoms with Crippen molar-refractivity contribution in [2.24, 2.45) is 11.7 Å². The molecule has 2 aromatic carbocycles. The SMILES string of the molecule is NC1=CC2OC(=O)c3ccccc3C3c4ccc(N)cc4CC(=C1)C23. The first-order valence-corrected chi connectivity index (χ1v) is 8.48. The van der Waals surface area contributed by atoms with Gasteiger partial charge < -0.3 is 16.2 Å². The van der Waals surface area contributed by atoms with Crippen LogP contribution >= 0.6 is 0 Å². The molecule has 5 rings (SSSR count). The minimum Gasteiger partial charge on any atom is -0.454 e. The van der Waals surface area contributed by atoms with Gasteiger partial charge in [-0.1, -0.05) is 29.8 Å². The first-order valence-electron chi connectivity index (χ1n) is 8.48. The zero-order valence-electron chi connectivity index (χ0n) is 13.6. The molecule has 25 heavy (non-hydrogen) atoms. The molecule has 0 spiro atoms. The van der Waals surface area contributed by atoms with E-state index in [2.05, 4.69) is 6.07 Å². The first-order chi connectivity index (χ1) is 12.1. The Morgan fingerprint density at radius 3 is 2.76 bits per heavy atom. The Morgan fingerprint density at radius 2 is 1.88 bits per heavy atom. The number of benzene rings is 2. The van der Waals surface area contributed by atoms with Crippen LogP contribution in [-0.2, 0) is 11.2 Å². The number of anilines is 1. The average molecular weight is 330 g/mol. The Morgan fingerprint density at radius 1 is 1.04 bits per heavy atom. The van der Waals surface area contributed by atoms with Crippen molar-refractivity contribution in [2.45, 2.75) is 18.4 Å². The molecule has 4 N–H and O–H groups in total. The zero-order chi connectivity index (χ0) is 17.1. The molecule has 0 aromatic heterocycles. The molecular weight excluding hydrogens is 312 g/mol. The maximum Gasteiger partial charge on any atom is 0.339 e. The number of fused-ring (bicyclic) bond motifs is 4. The van der Waals surface area contributed by atoms with Gasteiger partial charge in [-0.25, -0.2) is 4.79 Å². The summed E-state index contributed by atoms with van der Waals surface area (Å²) in [6.07, 6.45) is 4.34. The van der Waals surface area contributed by atoms with Crippen molar-refractivity contribution in [3.63, 3.8) is 0 Å². The van der Waals surface area contributed by atoms with Gasteiger partial charge in [-0.05, 0) is 53.5 Å². The summed E-state index contributed by atoms with van der Waals surface area (Å²) in [6.45, 7) is 0. The van der Waals surface area contributed by atoms with Gasteiger partial charge in [-0.3, -0.25) is 0 Å². The Kier molecular flexibility index (Phi) is 2.86. The molecule has 0 saturated carbocycles. The van der Waals surface area contributed by atoms with Crippen molar-refractivity contribution in [2.75, 3.05) is 5.73 Å². The van der Waals surface area contributed by atoms with Crippen LogP contribution in [0.1, 0.15) is 33.0 Å². The summed E-state index contributed by atoms with van der Waals surface area (Å²) in [5.74, 6) is -0.138. The highest BCUT2D eigenvalue weighted by Gasteiger charge is 2.45. The standard InChI is InChI=1S/C21H18N2O2/c22-13-5-6-15-11(8-13)7-12-9-14(23)10-18-19(12)20(15)16-3-1-2-4-17(16)21(24)25-18/h1-6,8-10,18-20H,7,22-23H2. The van der Waals surface area contributed by atoms with Crippen LogP contribution in [0.2, 0.25) is 0 Å². The van der Waals surface area contributed by atoms with E-state index in [-0.39, 0.29) is 23.9 Å². The third-order valence-corrected chi connectivity index (χ3v) is 5.51. The lowest BCUT2D eigenvalue weighted by molar-refractivity contribution is 0.0312. The van der Waals surface area contributed by atoms with Crippen molar-refractivity contribution in [3.8, 4) is 0 Å². The van der Waals surface area contributed by atoms with Gasteiger partial charge in [0.25, 0.3) is 0 Å². The molecule has 3 unspecified atom stereocenters. The van der Waals surface area contributed by atoms with Crippen LogP contribution in [0.15, 0.2) is 65.9 Å². The number of hydrogen-bond acceptors (Lipinski definition) is 4. The Bertz CT molecular complexity index is 974. The van der Waals surface area contributed by atoms with E-state index in [1.807, 2.05) is 48.6 Å². The van der Waals surface area contributed by atoms with E-state index in [4.69, 9.17) is 16.2 Å². The maximum absolute atomic E-state index is 12.7. The van der Waals surface area contributed by atoms with Crippen LogP contribution in [0.4, 0.5) is 5.69 Å². The van der Waals surface area contributed by atoms with Gasteiger partial charge in [0, 0.05) is 23.2 Å². The van der Waals surface area contributed by atoms with Crippen LogP contribution in [0.3, 0.4) is 0 Å². The predicted octanol–water partition coefficient (Wildman–Crippen LogP) is 2.89. The number of nitrogen functional groups attached to an aromatic ring is 1. The monoisotopic (exact) mass is 330 g/mol. The van der Waals surface area contributed by atoms with Gasteiger partial charge >= 0.3 is 5.97 Å². The summed E-state index contributed by atoms with van der Waals surface area (Å²) >= 11 is 0. The summed E-state index contributed by atoms with van der Waals surface area (Å²) in [6, 6.07) is 13.8. The van der Waals surface area contributed by atoms with Crippen LogP contribution in [0.25, 0.3) is 0 Å². The van der Waals surface area contributed by atoms with Crippen molar-refractivity contribution >= 4 is 11.7 Å². The topological polar surface area (TPSA) is 78.3 Å². The second kappa shape index (κ2) is 4.99. The van der Waals surface area contributed by atoms with Crippen LogP contribution in [0.5, 0.6) is 0 Å². The molecule has 0 fully saturated rings. The highest BCUT2D eigenvalue weighted by molar-refractivity contribution is 5.92. The van der Waals surface area contributed by atoms with Crippen LogP contribution in [0, 0.1) is 5.92 Å². The molecule has 124 valence electrons. The van der Waals surface area contributed by atoms with Crippen molar-refractivity contribution in [3.05, 3.63) is 88.1 Å². The number of allylic oxidation sites excluding steroid dienone is 1. The number of carbonyl (C=O) groups is 1. The molecule has 0 amide bonds. The number of rotatable bonds is 0. The Labute approximate surface area is 145 Å². The molecule has 0 bridgehead atoms. The lowest BCUT2D eigenvalue weighted by atomic mass is 9.65. The summed E-state index contributed by atoms with van der Waals surface area (Å²) < 4.78 is 5.83. The zero-order valence-corrected chi connectivity index (χ0v) is 13.6. The fourth-order valence-electron chi connectivity index (χ4n) is 4.54. The summed E-state index contributed by atoms with van der Waals surface area (Å²) in [4.78, 5) is 12.7. The molecule has 4 heteroatoms. The van der Waals surface area contributed by atoms with Gasteiger partial charge in [0.2, 0.25) is 0 Å². The number of esters is 1. The highest BCUT2D eigenvalue weighted by atomic mass is 16.5. The summed E-state index contributed by atoms with van der Waals surface area (Å²) in [7, 11) is 0. The molecule has 2 aliphatic carbocycles. The van der Waals surface area contributed by atoms with Gasteiger partial charge in [0.15, 0.2) is 0 Å². The lowest BCUT2D eigenvalue weighted by Crippen LogP contribution is -2.36. The normalized spacial score (nSPS) is 26.2. The Hall–Kier alpha value is -3.01. The molecule has 3 atom stereocenters. The smallest absolute Gasteiger partial charge is 0.339 e. The fraction of sp³-hybridized carbons (Fsp3) is 0.190. The molecule has 1 aliphatic heterocycles. The molecule has 0 saturated heterocycles. The number of ether oxygens (including phenoxy) is 1. The van der Waals surface area contributed by atoms with E-state index < -0.39 is 0 Å². The summed E-state index contributed by atoms with van der Waals surface area (Å²) in [5.41, 5.74) is 18.8. The lowest BCUT2D eigenvalue weighted by Gasteiger charge is -2.39. The predicted molar refractivity (Wildman–Crippen MR) is 95.9 cm³/mol. The first kappa shape index (κ1) is 14.3. The van der Waals surface area contributed by atoms with Crippen LogP contribution in [-0.4, -0.2) is 12.1 Å². The quantitative estimate of drug-likeness (QED) is 0.575. The van der Waals surface area contributed by atoms with E-state index in [0.29, 0.717) is 11.3 Å². The summed E-state index contributed by atoms with van der Waals surface area (Å²) in [5, 5.41) is 0. The molecule has 0 radical (unpaired) electrons. The van der Waals surface area contributed by atoms with E-state index in [1.165, 1.54) is 16.7 Å². The number of nitrogens with two attached hydrogens (primary N) is 2. The van der Waals surface area contributed by atoms with Crippen molar-refractivity contribution in [1.29, 1.82) is 0 Å². The van der Waals surface area contributed by atoms with Gasteiger partial charge in [0.1, 0.15) is 6.10 Å². The molecule has 1 heterocycles. The van der Waals surface area contributed by atoms with Gasteiger partial charge in [-0.2, -0.15) is 0 Å². The third-order valence-electron chi connectivity index (χ3n) is 5.51. The fourth-order valence-corrected chi connectivity index (χ4v) is 4.54. The second-order valence-corrected chi connectivity index (χ2v) is 6.98. The van der Waals surface area contributed by atoms with E-state index in [1.54, 1.807) is 0 Å². The van der Waals surface area contributed by atoms with Crippen LogP contribution < -0.4 is 11.5 Å². The maximum atomic E-state index is 12.7. The third kappa shape index (κ3) is 2.03. The van der Waals surface area contributed by atoms with E-state index in [0.717, 1.165) is 17.7 Å². The molecule has 3 aliphatic rings. The number of carbonyl (C=O) groups excluding carboxylic acids is 1. The van der Waals surface area contributed by atoms with Crippen molar-refractivity contribution in [1.82, 2.24) is 0 Å². The number of hydrogen-bond donors (Lipinski definition) is 2. The molecule has 2 aromatic rings. The van der Waals surface area contributed by atoms with Gasteiger partial charge in [0.05, 0.1) is 5.56 Å². The van der Waals surface area contributed by atoms with E-state index in [9.17, 15) is 4.79 Å². The minimum atomic E-state index is -0.337. The Balaban J connectivity index is 1.82. The van der Waals surface area contributed by atoms with Crippen molar-refractivity contribution < 1.29 is 9.53 Å². The average Bonchev–Trinajstić information content (AvgIpc) is 2.71. The second-order valence-electron chi connectivity index (χ2n) is 6.98. The van der Waals surface area contributed by atoms with E-state index >= 15 is 0 Å². The largest absolute Gasteiger partial charge is 0.454 e. The van der Waals surface area contributed by atoms with Gasteiger partial charge in [-0.15, -0.1) is 0 Å². The molecule has 4 nitrogen and oxygen atoms in total. The molecular formula is C21H18N2O2.